The summed E-state index contributed by atoms with van der Waals surface area (Å²) >= 11 is 0. The lowest BCUT2D eigenvalue weighted by molar-refractivity contribution is -0.304. The molecule has 5 aromatic carbocycles. The Morgan fingerprint density at radius 2 is 0.647 bits per heavy atom. The van der Waals surface area contributed by atoms with Crippen molar-refractivity contribution in [2.45, 2.75) is 387 Å². The summed E-state index contributed by atoms with van der Waals surface area (Å²) in [4.78, 5) is 99.1. The summed E-state index contributed by atoms with van der Waals surface area (Å²) < 4.78 is 45.3. The first kappa shape index (κ1) is 101. The number of rotatable bonds is 30. The highest BCUT2D eigenvalue weighted by molar-refractivity contribution is 5.93. The molecule has 22 rings (SSSR count). The summed E-state index contributed by atoms with van der Waals surface area (Å²) in [5.74, 6) is 11.0. The minimum Gasteiger partial charge on any atom is -0.457 e. The van der Waals surface area contributed by atoms with E-state index in [-0.39, 0.29) is 59.4 Å². The molecule has 0 spiro atoms. The van der Waals surface area contributed by atoms with Crippen molar-refractivity contribution in [1.82, 2.24) is 0 Å². The molecule has 17 fully saturated rings. The highest BCUT2D eigenvalue weighted by Gasteiger charge is 2.74. The van der Waals surface area contributed by atoms with Crippen LogP contribution < -0.4 is 0 Å². The quantitative estimate of drug-likeness (QED) is 0.0309. The fourth-order valence-corrected chi connectivity index (χ4v) is 28.8. The zero-order valence-corrected chi connectivity index (χ0v) is 84.0. The minimum atomic E-state index is -0.523. The van der Waals surface area contributed by atoms with Crippen LogP contribution in [0.2, 0.25) is 0 Å². The number of carbonyl (C=O) groups excluding carboxylic acids is 8. The largest absolute Gasteiger partial charge is 0.457 e. The summed E-state index contributed by atoms with van der Waals surface area (Å²) in [6.45, 7) is 35.6. The predicted octanol–water partition coefficient (Wildman–Crippen LogP) is 27.9. The number of hydrogen-bond acceptors (Lipinski definition) is 16. The standard InChI is InChI=1S/C28H38O2.C26H36O4.C23H32O2.2C20H28O4/c1-5-16(2)19-6-8-20(9-7-19)26(29)30-27(3,4)28-15-18-11-22-21-10-17(13-24(22)28)14-25(28)23(21)12-18;1-5-17(2)21-6-8-22(9-7-21)24(28)29-16-23(27)30-25(3,4)26-13-18-10-19(14-26)12-20(11-18)15-26;1-4-15(3)18-6-8-19(9-7-18)22(24)25-23(5-2)20-11-16-10-17(13-20)14-21(23)12-16;1-4-15(2)16-8-10-17(11-9-16)19(22)23-14-18(21)24-20(3)12-6-5-7-13-20;1-4-15(3)16-8-10-17(11-9-16)19(22)23-14-18(21)24-20(5-2)12-6-7-13-20/h6-9,16-18,21-25H,5,10-15H2,1-4H3;6-9,17-20H,5,10-16H2,1-4H3;6-9,15-17,20-21H,4-5,10-14H2,1-3H3;2*8-11,15H,4-7,12-14H2,1-3H3. The van der Waals surface area contributed by atoms with Crippen LogP contribution in [-0.4, -0.2) is 95.6 Å². The molecule has 0 aromatic heterocycles. The SMILES string of the molecule is CCC(C)c1ccc(C(=O)OC(C)(C)C23CC4CC5C6CC(CC52)CC3C6C4)cc1.CCC(C)c1ccc(C(=O)OC2(CC)C3CC4CC(C3)CC2C4)cc1.CCC(C)c1ccc(C(=O)OCC(=O)OC(C)(C)C23CC4CC(CC(C4)C2)C3)cc1.CCC(C)c1ccc(C(=O)OCC(=O)OC2(C)CCCCC2)cc1.CCC(C)c1ccc(C(=O)OCC(=O)OC2(CC)CCCC2)cc1. The van der Waals surface area contributed by atoms with Gasteiger partial charge in [-0.3, -0.25) is 0 Å². The van der Waals surface area contributed by atoms with Crippen LogP contribution in [0.5, 0.6) is 0 Å². The summed E-state index contributed by atoms with van der Waals surface area (Å²) in [5, 5.41) is 0. The first-order valence-corrected chi connectivity index (χ1v) is 52.7. The summed E-state index contributed by atoms with van der Waals surface area (Å²) in [6, 6.07) is 38.5. The van der Waals surface area contributed by atoms with Gasteiger partial charge < -0.3 is 37.9 Å². The molecule has 16 bridgehead atoms. The first-order chi connectivity index (χ1) is 63.5. The van der Waals surface area contributed by atoms with Gasteiger partial charge in [-0.1, -0.05) is 150 Å². The molecule has 9 unspecified atom stereocenters. The van der Waals surface area contributed by atoms with Crippen LogP contribution in [0.3, 0.4) is 0 Å². The molecule has 0 heterocycles. The van der Waals surface area contributed by atoms with E-state index in [1.165, 1.54) is 143 Å². The van der Waals surface area contributed by atoms with Gasteiger partial charge in [0.15, 0.2) is 19.8 Å². The van der Waals surface area contributed by atoms with E-state index in [0.717, 1.165) is 167 Å². The van der Waals surface area contributed by atoms with Gasteiger partial charge in [0.05, 0.1) is 27.8 Å². The molecule has 17 aliphatic rings. The van der Waals surface area contributed by atoms with Crippen molar-refractivity contribution in [1.29, 1.82) is 0 Å². The molecule has 0 aliphatic heterocycles. The zero-order chi connectivity index (χ0) is 95.1. The predicted molar refractivity (Wildman–Crippen MR) is 522 cm³/mol. The molecule has 0 radical (unpaired) electrons. The van der Waals surface area contributed by atoms with Gasteiger partial charge in [-0.15, -0.1) is 0 Å². The van der Waals surface area contributed by atoms with E-state index in [0.29, 0.717) is 69.2 Å². The van der Waals surface area contributed by atoms with Gasteiger partial charge in [0.25, 0.3) is 0 Å². The highest BCUT2D eigenvalue weighted by Crippen LogP contribution is 2.79. The molecule has 0 amide bonds. The topological polar surface area (TPSA) is 210 Å². The fraction of sp³-hybridized carbons (Fsp3) is 0.675. The van der Waals surface area contributed by atoms with Crippen LogP contribution >= 0.6 is 0 Å². The summed E-state index contributed by atoms with van der Waals surface area (Å²) in [5.41, 5.74) is 7.49. The van der Waals surface area contributed by atoms with E-state index in [9.17, 15) is 38.4 Å². The second-order valence-corrected chi connectivity index (χ2v) is 45.5. The van der Waals surface area contributed by atoms with E-state index in [2.05, 4.69) is 128 Å². The Balaban J connectivity index is 0.000000134. The van der Waals surface area contributed by atoms with Gasteiger partial charge in [0.1, 0.15) is 28.0 Å². The Hall–Kier alpha value is -8.14. The van der Waals surface area contributed by atoms with Gasteiger partial charge in [-0.05, 0) is 441 Å². The molecular formula is C117H162O16. The molecule has 0 N–H and O–H groups in total. The van der Waals surface area contributed by atoms with Crippen LogP contribution in [0.1, 0.15) is 439 Å². The van der Waals surface area contributed by atoms with Crippen LogP contribution in [0.15, 0.2) is 121 Å². The third-order valence-electron chi connectivity index (χ3n) is 36.9. The first-order valence-electron chi connectivity index (χ1n) is 52.7. The molecule has 16 nitrogen and oxygen atoms in total. The van der Waals surface area contributed by atoms with Crippen molar-refractivity contribution in [3.8, 4) is 0 Å². The molecule has 16 heteroatoms. The van der Waals surface area contributed by atoms with E-state index in [4.69, 9.17) is 37.9 Å². The molecule has 9 atom stereocenters. The average Bonchev–Trinajstić information content (AvgIpc) is 0.719. The van der Waals surface area contributed by atoms with Gasteiger partial charge in [-0.2, -0.15) is 0 Å². The Kier molecular flexibility index (Phi) is 32.5. The lowest BCUT2D eigenvalue weighted by Gasteiger charge is -2.77. The fourth-order valence-electron chi connectivity index (χ4n) is 28.8. The van der Waals surface area contributed by atoms with Crippen LogP contribution in [-0.2, 0) is 52.3 Å². The normalized spacial score (nSPS) is 30.1. The minimum absolute atomic E-state index is 0.0905. The van der Waals surface area contributed by atoms with E-state index < -0.39 is 47.0 Å². The third kappa shape index (κ3) is 22.4. The number of benzene rings is 5. The third-order valence-corrected chi connectivity index (χ3v) is 36.9. The molecule has 17 aliphatic carbocycles. The molecular weight excluding hydrogens is 1660 g/mol. The van der Waals surface area contributed by atoms with Crippen molar-refractivity contribution >= 4 is 47.8 Å². The van der Waals surface area contributed by atoms with Gasteiger partial charge >= 0.3 is 47.8 Å². The van der Waals surface area contributed by atoms with Gasteiger partial charge in [0, 0.05) is 10.8 Å². The summed E-state index contributed by atoms with van der Waals surface area (Å²) in [6.07, 6.45) is 38.9. The second-order valence-electron chi connectivity index (χ2n) is 45.5. The molecule has 726 valence electrons. The van der Waals surface area contributed by atoms with E-state index >= 15 is 0 Å². The summed E-state index contributed by atoms with van der Waals surface area (Å²) in [7, 11) is 0. The maximum absolute atomic E-state index is 13.3. The maximum Gasteiger partial charge on any atom is 0.344 e. The lowest BCUT2D eigenvalue weighted by atomic mass is 9.28. The maximum atomic E-state index is 13.3. The van der Waals surface area contributed by atoms with Crippen LogP contribution in [0.25, 0.3) is 0 Å². The number of carbonyl (C=O) groups is 8. The average molecular weight is 1820 g/mol. The smallest absolute Gasteiger partial charge is 0.344 e. The van der Waals surface area contributed by atoms with Crippen molar-refractivity contribution in [2.75, 3.05) is 19.8 Å². The Bertz CT molecular complexity index is 4680. The Morgan fingerprint density at radius 3 is 1.02 bits per heavy atom. The number of esters is 8. The van der Waals surface area contributed by atoms with E-state index in [1.54, 1.807) is 36.4 Å². The Labute approximate surface area is 797 Å². The molecule has 133 heavy (non-hydrogen) atoms. The zero-order valence-electron chi connectivity index (χ0n) is 84.0. The lowest BCUT2D eigenvalue weighted by Crippen LogP contribution is -2.73. The molecule has 0 saturated heterocycles. The molecule has 5 aromatic rings. The van der Waals surface area contributed by atoms with Crippen LogP contribution in [0.4, 0.5) is 0 Å². The molecule has 17 saturated carbocycles. The van der Waals surface area contributed by atoms with Crippen molar-refractivity contribution < 1.29 is 76.3 Å². The number of ether oxygens (including phenoxy) is 8. The second kappa shape index (κ2) is 42.9. The van der Waals surface area contributed by atoms with Gasteiger partial charge in [0.2, 0.25) is 0 Å². The van der Waals surface area contributed by atoms with Crippen molar-refractivity contribution in [3.63, 3.8) is 0 Å². The number of hydrogen-bond donors (Lipinski definition) is 0. The van der Waals surface area contributed by atoms with Crippen molar-refractivity contribution in [3.05, 3.63) is 177 Å². The highest BCUT2D eigenvalue weighted by atomic mass is 16.6. The van der Waals surface area contributed by atoms with Gasteiger partial charge in [-0.25, -0.2) is 38.4 Å². The Morgan fingerprint density at radius 1 is 0.323 bits per heavy atom. The van der Waals surface area contributed by atoms with Crippen LogP contribution in [0, 0.1) is 93.7 Å². The van der Waals surface area contributed by atoms with E-state index in [1.807, 2.05) is 74.5 Å². The monoisotopic (exact) mass is 1820 g/mol. The van der Waals surface area contributed by atoms with Crippen molar-refractivity contribution in [2.24, 2.45) is 93.7 Å².